The van der Waals surface area contributed by atoms with E-state index in [1.54, 1.807) is 11.9 Å². The van der Waals surface area contributed by atoms with Crippen LogP contribution < -0.4 is 0 Å². The molecule has 0 saturated heterocycles. The standard InChI is InChI=1S/C20H23N5O/c1-4-16-9-11-18(12-10-16)20-21-23-25(22-20)14-19(26)24(3)13-17-7-5-15(2)6-8-17/h5-12H,4,13-14H2,1-3H3. The minimum absolute atomic E-state index is 0.0594. The number of likely N-dealkylation sites (N-methyl/N-ethyl adjacent to an activating group) is 1. The molecule has 3 rings (SSSR count). The van der Waals surface area contributed by atoms with Crippen LogP contribution in [0.25, 0.3) is 11.4 Å². The quantitative estimate of drug-likeness (QED) is 0.686. The van der Waals surface area contributed by atoms with E-state index in [2.05, 4.69) is 34.5 Å². The highest BCUT2D eigenvalue weighted by molar-refractivity contribution is 5.75. The van der Waals surface area contributed by atoms with Gasteiger partial charge in [0.15, 0.2) is 0 Å². The predicted molar refractivity (Wildman–Crippen MR) is 100 cm³/mol. The van der Waals surface area contributed by atoms with Crippen molar-refractivity contribution in [3.8, 4) is 11.4 Å². The Morgan fingerprint density at radius 3 is 2.35 bits per heavy atom. The van der Waals surface area contributed by atoms with Crippen LogP contribution in [0.1, 0.15) is 23.6 Å². The van der Waals surface area contributed by atoms with Crippen molar-refractivity contribution in [1.29, 1.82) is 0 Å². The van der Waals surface area contributed by atoms with Gasteiger partial charge >= 0.3 is 0 Å². The molecule has 0 atom stereocenters. The highest BCUT2D eigenvalue weighted by atomic mass is 16.2. The number of hydrogen-bond donors (Lipinski definition) is 0. The second-order valence-electron chi connectivity index (χ2n) is 6.43. The minimum Gasteiger partial charge on any atom is -0.340 e. The lowest BCUT2D eigenvalue weighted by Crippen LogP contribution is -2.30. The van der Waals surface area contributed by atoms with Crippen LogP contribution in [-0.2, 0) is 24.3 Å². The summed E-state index contributed by atoms with van der Waals surface area (Å²) in [7, 11) is 1.78. The molecule has 6 heteroatoms. The fourth-order valence-corrected chi connectivity index (χ4v) is 2.61. The Hall–Kier alpha value is -3.02. The van der Waals surface area contributed by atoms with Crippen LogP contribution in [0.2, 0.25) is 0 Å². The Balaban J connectivity index is 1.62. The Morgan fingerprint density at radius 2 is 1.69 bits per heavy atom. The zero-order valence-corrected chi connectivity index (χ0v) is 15.4. The van der Waals surface area contributed by atoms with Crippen LogP contribution >= 0.6 is 0 Å². The van der Waals surface area contributed by atoms with Gasteiger partial charge in [0.25, 0.3) is 0 Å². The van der Waals surface area contributed by atoms with Crippen molar-refractivity contribution in [2.24, 2.45) is 0 Å². The van der Waals surface area contributed by atoms with E-state index < -0.39 is 0 Å². The second kappa shape index (κ2) is 7.91. The number of aromatic nitrogens is 4. The number of aryl methyl sites for hydroxylation is 2. The number of benzene rings is 2. The Bertz CT molecular complexity index is 868. The SMILES string of the molecule is CCc1ccc(-c2nnn(CC(=O)N(C)Cc3ccc(C)cc3)n2)cc1. The summed E-state index contributed by atoms with van der Waals surface area (Å²) in [4.78, 5) is 15.4. The van der Waals surface area contributed by atoms with Crippen LogP contribution in [0.15, 0.2) is 48.5 Å². The van der Waals surface area contributed by atoms with Crippen LogP contribution in [0.3, 0.4) is 0 Å². The van der Waals surface area contributed by atoms with Crippen molar-refractivity contribution in [1.82, 2.24) is 25.1 Å². The van der Waals surface area contributed by atoms with Gasteiger partial charge in [-0.1, -0.05) is 61.0 Å². The summed E-state index contributed by atoms with van der Waals surface area (Å²) in [6, 6.07) is 16.2. The number of nitrogens with zero attached hydrogens (tertiary/aromatic N) is 5. The van der Waals surface area contributed by atoms with Gasteiger partial charge in [0.05, 0.1) is 0 Å². The first-order chi connectivity index (χ1) is 12.5. The van der Waals surface area contributed by atoms with Crippen molar-refractivity contribution in [3.63, 3.8) is 0 Å². The van der Waals surface area contributed by atoms with Gasteiger partial charge in [-0.25, -0.2) is 0 Å². The summed E-state index contributed by atoms with van der Waals surface area (Å²) >= 11 is 0. The van der Waals surface area contributed by atoms with E-state index in [0.717, 1.165) is 17.5 Å². The largest absolute Gasteiger partial charge is 0.340 e. The Morgan fingerprint density at radius 1 is 1.04 bits per heavy atom. The molecule has 2 aromatic carbocycles. The Labute approximate surface area is 153 Å². The first-order valence-electron chi connectivity index (χ1n) is 8.72. The maximum Gasteiger partial charge on any atom is 0.246 e. The van der Waals surface area contributed by atoms with Crippen LogP contribution in [0.4, 0.5) is 0 Å². The van der Waals surface area contributed by atoms with E-state index in [1.165, 1.54) is 15.9 Å². The fourth-order valence-electron chi connectivity index (χ4n) is 2.61. The van der Waals surface area contributed by atoms with Gasteiger partial charge in [-0.3, -0.25) is 4.79 Å². The normalized spacial score (nSPS) is 10.7. The van der Waals surface area contributed by atoms with E-state index in [-0.39, 0.29) is 12.5 Å². The first kappa shape index (κ1) is 17.8. The summed E-state index contributed by atoms with van der Waals surface area (Å²) in [6.45, 7) is 4.78. The molecule has 134 valence electrons. The molecule has 0 N–H and O–H groups in total. The molecule has 1 amide bonds. The van der Waals surface area contributed by atoms with Crippen molar-refractivity contribution in [3.05, 3.63) is 65.2 Å². The molecule has 6 nitrogen and oxygen atoms in total. The Kier molecular flexibility index (Phi) is 5.41. The van der Waals surface area contributed by atoms with Gasteiger partial charge in [0, 0.05) is 19.2 Å². The molecule has 0 radical (unpaired) electrons. The molecule has 0 aliphatic heterocycles. The highest BCUT2D eigenvalue weighted by Crippen LogP contribution is 2.15. The lowest BCUT2D eigenvalue weighted by atomic mass is 10.1. The number of carbonyl (C=O) groups excluding carboxylic acids is 1. The smallest absolute Gasteiger partial charge is 0.246 e. The van der Waals surface area contributed by atoms with E-state index in [0.29, 0.717) is 12.4 Å². The number of amides is 1. The fraction of sp³-hybridized carbons (Fsp3) is 0.300. The van der Waals surface area contributed by atoms with Crippen molar-refractivity contribution in [2.75, 3.05) is 7.05 Å². The number of tetrazole rings is 1. The summed E-state index contributed by atoms with van der Waals surface area (Å²) in [5.74, 6) is 0.470. The van der Waals surface area contributed by atoms with Crippen molar-refractivity contribution >= 4 is 5.91 Å². The molecule has 0 bridgehead atoms. The maximum absolute atomic E-state index is 12.4. The van der Waals surface area contributed by atoms with Crippen LogP contribution in [0, 0.1) is 6.92 Å². The molecule has 0 spiro atoms. The number of hydrogen-bond acceptors (Lipinski definition) is 4. The van der Waals surface area contributed by atoms with Crippen LogP contribution in [-0.4, -0.2) is 38.1 Å². The molecule has 1 aromatic heterocycles. The number of carbonyl (C=O) groups is 1. The average Bonchev–Trinajstić information content (AvgIpc) is 3.12. The highest BCUT2D eigenvalue weighted by Gasteiger charge is 2.13. The zero-order chi connectivity index (χ0) is 18.5. The lowest BCUT2D eigenvalue weighted by Gasteiger charge is -2.16. The molecular weight excluding hydrogens is 326 g/mol. The van der Waals surface area contributed by atoms with Gasteiger partial charge in [0.2, 0.25) is 11.7 Å². The van der Waals surface area contributed by atoms with E-state index in [1.807, 2.05) is 43.3 Å². The summed E-state index contributed by atoms with van der Waals surface area (Å²) in [5.41, 5.74) is 4.45. The summed E-state index contributed by atoms with van der Waals surface area (Å²) in [6.07, 6.45) is 0.988. The van der Waals surface area contributed by atoms with E-state index in [9.17, 15) is 4.79 Å². The van der Waals surface area contributed by atoms with Gasteiger partial charge in [-0.2, -0.15) is 4.80 Å². The topological polar surface area (TPSA) is 63.9 Å². The van der Waals surface area contributed by atoms with E-state index in [4.69, 9.17) is 0 Å². The van der Waals surface area contributed by atoms with Crippen molar-refractivity contribution in [2.45, 2.75) is 33.4 Å². The monoisotopic (exact) mass is 349 g/mol. The first-order valence-corrected chi connectivity index (χ1v) is 8.72. The summed E-state index contributed by atoms with van der Waals surface area (Å²) in [5, 5.41) is 12.4. The van der Waals surface area contributed by atoms with Crippen molar-refractivity contribution < 1.29 is 4.79 Å². The third-order valence-corrected chi connectivity index (χ3v) is 4.32. The molecule has 0 aliphatic carbocycles. The molecule has 0 fully saturated rings. The van der Waals surface area contributed by atoms with Gasteiger partial charge in [-0.05, 0) is 29.7 Å². The van der Waals surface area contributed by atoms with Gasteiger partial charge < -0.3 is 4.90 Å². The average molecular weight is 349 g/mol. The molecule has 0 unspecified atom stereocenters. The molecule has 0 saturated carbocycles. The third-order valence-electron chi connectivity index (χ3n) is 4.32. The molecular formula is C20H23N5O. The van der Waals surface area contributed by atoms with Gasteiger partial charge in [0.1, 0.15) is 6.54 Å². The maximum atomic E-state index is 12.4. The van der Waals surface area contributed by atoms with E-state index >= 15 is 0 Å². The number of rotatable bonds is 6. The second-order valence-corrected chi connectivity index (χ2v) is 6.43. The van der Waals surface area contributed by atoms with Gasteiger partial charge in [-0.15, -0.1) is 10.2 Å². The zero-order valence-electron chi connectivity index (χ0n) is 15.4. The third kappa shape index (κ3) is 4.33. The molecule has 3 aromatic rings. The predicted octanol–water partition coefficient (Wildman–Crippen LogP) is 2.87. The minimum atomic E-state index is -0.0594. The summed E-state index contributed by atoms with van der Waals surface area (Å²) < 4.78 is 0. The van der Waals surface area contributed by atoms with Crippen LogP contribution in [0.5, 0.6) is 0 Å². The lowest BCUT2D eigenvalue weighted by molar-refractivity contribution is -0.131. The molecule has 1 heterocycles. The molecule has 26 heavy (non-hydrogen) atoms. The molecule has 0 aliphatic rings.